The molecule has 0 aromatic rings. The van der Waals surface area contributed by atoms with E-state index in [2.05, 4.69) is 6.92 Å². The molecule has 0 aliphatic heterocycles. The van der Waals surface area contributed by atoms with Crippen molar-refractivity contribution >= 4 is 0 Å². The van der Waals surface area contributed by atoms with Gasteiger partial charge in [0.15, 0.2) is 5.79 Å². The Bertz CT molecular complexity index is 231. The quantitative estimate of drug-likeness (QED) is 0.494. The van der Waals surface area contributed by atoms with Gasteiger partial charge in [-0.2, -0.15) is 0 Å². The average Bonchev–Trinajstić information content (AvgIpc) is 2.40. The third-order valence-corrected chi connectivity index (χ3v) is 4.64. The average molecular weight is 306 g/mol. The molecule has 0 aliphatic carbocycles. The van der Waals surface area contributed by atoms with Crippen molar-refractivity contribution in [3.05, 3.63) is 0 Å². The van der Waals surface area contributed by atoms with E-state index in [1.165, 1.54) is 6.92 Å². The molecule has 130 valence electrons. The highest BCUT2D eigenvalue weighted by Crippen LogP contribution is 2.32. The number of unbranched alkanes of at least 4 members (excludes halogenated alkanes) is 1. The highest BCUT2D eigenvalue weighted by Gasteiger charge is 2.36. The first kappa shape index (κ1) is 23.1. The van der Waals surface area contributed by atoms with E-state index in [1.807, 2.05) is 27.7 Å². The highest BCUT2D eigenvalue weighted by atomic mass is 16.5. The number of hydrogen-bond donors (Lipinski definition) is 4. The minimum Gasteiger partial charge on any atom is -0.396 e. The summed E-state index contributed by atoms with van der Waals surface area (Å²) in [6.07, 6.45) is 5.82. The fourth-order valence-electron chi connectivity index (χ4n) is 2.02. The lowest BCUT2D eigenvalue weighted by atomic mass is 9.80. The summed E-state index contributed by atoms with van der Waals surface area (Å²) in [5, 5.41) is 36.6. The molecule has 0 amide bonds. The van der Waals surface area contributed by atoms with Crippen molar-refractivity contribution in [1.29, 1.82) is 0 Å². The van der Waals surface area contributed by atoms with Crippen LogP contribution in [0, 0.1) is 10.8 Å². The fraction of sp³-hybridized carbons (Fsp3) is 1.00. The van der Waals surface area contributed by atoms with Gasteiger partial charge >= 0.3 is 0 Å². The van der Waals surface area contributed by atoms with Crippen molar-refractivity contribution in [3.63, 3.8) is 0 Å². The molecule has 4 nitrogen and oxygen atoms in total. The Morgan fingerprint density at radius 2 is 1.24 bits per heavy atom. The predicted octanol–water partition coefficient (Wildman–Crippen LogP) is 3.07. The molecule has 0 bridgehead atoms. The van der Waals surface area contributed by atoms with Gasteiger partial charge in [0.2, 0.25) is 0 Å². The van der Waals surface area contributed by atoms with E-state index in [0.717, 1.165) is 38.5 Å². The molecule has 0 aromatic carbocycles. The van der Waals surface area contributed by atoms with E-state index in [-0.39, 0.29) is 18.6 Å². The van der Waals surface area contributed by atoms with Crippen LogP contribution in [0.1, 0.15) is 80.1 Å². The van der Waals surface area contributed by atoms with Gasteiger partial charge in [-0.3, -0.25) is 0 Å². The van der Waals surface area contributed by atoms with E-state index in [0.29, 0.717) is 0 Å². The monoisotopic (exact) mass is 306 g/mol. The molecule has 21 heavy (non-hydrogen) atoms. The SMILES string of the molecule is CCCC(C)(C)C(C)(O)O.CCCCC(CC)(CO)CO. The normalized spacial score (nSPS) is 12.9. The Labute approximate surface area is 131 Å². The Balaban J connectivity index is 0. The molecular weight excluding hydrogens is 268 g/mol. The van der Waals surface area contributed by atoms with E-state index >= 15 is 0 Å². The largest absolute Gasteiger partial charge is 0.396 e. The van der Waals surface area contributed by atoms with Gasteiger partial charge in [0.05, 0.1) is 13.2 Å². The summed E-state index contributed by atoms with van der Waals surface area (Å²) in [6, 6.07) is 0. The van der Waals surface area contributed by atoms with Gasteiger partial charge in [-0.1, -0.05) is 53.9 Å². The summed E-state index contributed by atoms with van der Waals surface area (Å²) in [4.78, 5) is 0. The van der Waals surface area contributed by atoms with Crippen LogP contribution in [0.15, 0.2) is 0 Å². The van der Waals surface area contributed by atoms with Crippen molar-refractivity contribution in [2.24, 2.45) is 10.8 Å². The summed E-state index contributed by atoms with van der Waals surface area (Å²) >= 11 is 0. The maximum atomic E-state index is 9.23. The van der Waals surface area contributed by atoms with Gasteiger partial charge in [-0.05, 0) is 26.2 Å². The van der Waals surface area contributed by atoms with Gasteiger partial charge in [0, 0.05) is 10.8 Å². The van der Waals surface area contributed by atoms with Crippen LogP contribution in [0.4, 0.5) is 0 Å². The molecule has 0 spiro atoms. The first-order valence-electron chi connectivity index (χ1n) is 8.22. The van der Waals surface area contributed by atoms with Crippen LogP contribution < -0.4 is 0 Å². The molecule has 0 unspecified atom stereocenters. The molecule has 0 aliphatic rings. The van der Waals surface area contributed by atoms with Gasteiger partial charge in [-0.25, -0.2) is 0 Å². The second-order valence-electron chi connectivity index (χ2n) is 6.93. The van der Waals surface area contributed by atoms with Crippen LogP contribution in [0.3, 0.4) is 0 Å². The maximum absolute atomic E-state index is 9.23. The van der Waals surface area contributed by atoms with Crippen molar-refractivity contribution < 1.29 is 20.4 Å². The zero-order valence-electron chi connectivity index (χ0n) is 14.9. The van der Waals surface area contributed by atoms with Crippen molar-refractivity contribution in [2.75, 3.05) is 13.2 Å². The van der Waals surface area contributed by atoms with Crippen molar-refractivity contribution in [3.8, 4) is 0 Å². The minimum atomic E-state index is -1.55. The van der Waals surface area contributed by atoms with E-state index in [1.54, 1.807) is 0 Å². The fourth-order valence-corrected chi connectivity index (χ4v) is 2.02. The Kier molecular flexibility index (Phi) is 11.6. The minimum absolute atomic E-state index is 0.111. The lowest BCUT2D eigenvalue weighted by molar-refractivity contribution is -0.220. The summed E-state index contributed by atoms with van der Waals surface area (Å²) < 4.78 is 0. The van der Waals surface area contributed by atoms with Crippen molar-refractivity contribution in [1.82, 2.24) is 0 Å². The summed E-state index contributed by atoms with van der Waals surface area (Å²) in [6.45, 7) is 11.5. The number of aliphatic hydroxyl groups excluding tert-OH is 2. The Hall–Kier alpha value is -0.160. The predicted molar refractivity (Wildman–Crippen MR) is 88.0 cm³/mol. The third kappa shape index (κ3) is 8.77. The van der Waals surface area contributed by atoms with Gasteiger partial charge in [0.1, 0.15) is 0 Å². The molecule has 0 saturated carbocycles. The van der Waals surface area contributed by atoms with Crippen LogP contribution in [-0.4, -0.2) is 39.4 Å². The Morgan fingerprint density at radius 3 is 1.43 bits per heavy atom. The molecule has 0 atom stereocenters. The highest BCUT2D eigenvalue weighted by molar-refractivity contribution is 4.79. The molecule has 0 aromatic heterocycles. The molecule has 4 heteroatoms. The molecule has 0 saturated heterocycles. The Morgan fingerprint density at radius 1 is 0.762 bits per heavy atom. The molecule has 0 rings (SSSR count). The van der Waals surface area contributed by atoms with Crippen LogP contribution >= 0.6 is 0 Å². The molecular formula is C17H38O4. The van der Waals surface area contributed by atoms with E-state index < -0.39 is 11.2 Å². The molecule has 0 fully saturated rings. The number of aliphatic hydroxyl groups is 4. The number of hydrogen-bond acceptors (Lipinski definition) is 4. The van der Waals surface area contributed by atoms with Gasteiger partial charge in [0.25, 0.3) is 0 Å². The van der Waals surface area contributed by atoms with Crippen LogP contribution in [-0.2, 0) is 0 Å². The smallest absolute Gasteiger partial charge is 0.164 e. The van der Waals surface area contributed by atoms with Crippen LogP contribution in [0.2, 0.25) is 0 Å². The molecule has 0 radical (unpaired) electrons. The van der Waals surface area contributed by atoms with Crippen LogP contribution in [0.25, 0.3) is 0 Å². The van der Waals surface area contributed by atoms with E-state index in [4.69, 9.17) is 10.2 Å². The van der Waals surface area contributed by atoms with E-state index in [9.17, 15) is 10.2 Å². The van der Waals surface area contributed by atoms with Crippen molar-refractivity contribution in [2.45, 2.75) is 85.9 Å². The molecule has 0 heterocycles. The van der Waals surface area contributed by atoms with Gasteiger partial charge < -0.3 is 20.4 Å². The topological polar surface area (TPSA) is 80.9 Å². The second-order valence-corrected chi connectivity index (χ2v) is 6.93. The summed E-state index contributed by atoms with van der Waals surface area (Å²) in [5.41, 5.74) is -0.613. The maximum Gasteiger partial charge on any atom is 0.164 e. The first-order valence-corrected chi connectivity index (χ1v) is 8.22. The van der Waals surface area contributed by atoms with Crippen LogP contribution in [0.5, 0.6) is 0 Å². The number of rotatable bonds is 9. The first-order chi connectivity index (χ1) is 9.55. The molecule has 4 N–H and O–H groups in total. The third-order valence-electron chi connectivity index (χ3n) is 4.64. The zero-order valence-corrected chi connectivity index (χ0v) is 14.9. The summed E-state index contributed by atoms with van der Waals surface area (Å²) in [5.74, 6) is -1.55. The second kappa shape index (κ2) is 10.5. The zero-order chi connectivity index (χ0) is 17.2. The lowest BCUT2D eigenvalue weighted by Crippen LogP contribution is -2.41. The summed E-state index contributed by atoms with van der Waals surface area (Å²) in [7, 11) is 0. The standard InChI is InChI=1S/C9H20O2.C8H18O2/c1-3-5-6-9(4-2,7-10)8-11;1-5-6-7(2,3)8(4,9)10/h10-11H,3-8H2,1-2H3;9-10H,5-6H2,1-4H3. The lowest BCUT2D eigenvalue weighted by Gasteiger charge is -2.35. The van der Waals surface area contributed by atoms with Gasteiger partial charge in [-0.15, -0.1) is 0 Å².